The van der Waals surface area contributed by atoms with E-state index in [2.05, 4.69) is 27.3 Å². The molecule has 0 spiro atoms. The fourth-order valence-corrected chi connectivity index (χ4v) is 4.51. The van der Waals surface area contributed by atoms with Crippen LogP contribution in [0.1, 0.15) is 12.8 Å². The Morgan fingerprint density at radius 3 is 2.83 bits per heavy atom. The number of nitrogens with zero attached hydrogens (tertiary/aromatic N) is 4. The lowest BCUT2D eigenvalue weighted by atomic mass is 10.2. The molecule has 0 saturated carbocycles. The molecule has 3 aromatic rings. The number of ether oxygens (including phenoxy) is 1. The molecule has 120 valence electrons. The van der Waals surface area contributed by atoms with Crippen molar-refractivity contribution in [1.29, 1.82) is 0 Å². The number of rotatable bonds is 7. The van der Waals surface area contributed by atoms with Crippen molar-refractivity contribution in [3.63, 3.8) is 0 Å². The van der Waals surface area contributed by atoms with Gasteiger partial charge in [0.2, 0.25) is 11.7 Å². The van der Waals surface area contributed by atoms with Crippen LogP contribution in [0.2, 0.25) is 0 Å². The van der Waals surface area contributed by atoms with Gasteiger partial charge in [0.25, 0.3) is 0 Å². The van der Waals surface area contributed by atoms with E-state index in [1.165, 1.54) is 0 Å². The van der Waals surface area contributed by atoms with Crippen LogP contribution in [0.25, 0.3) is 11.4 Å². The second kappa shape index (κ2) is 7.80. The van der Waals surface area contributed by atoms with Gasteiger partial charge in [-0.2, -0.15) is 4.98 Å². The molecule has 0 radical (unpaired) electrons. The third-order valence-electron chi connectivity index (χ3n) is 2.77. The van der Waals surface area contributed by atoms with Crippen molar-refractivity contribution < 1.29 is 9.26 Å². The van der Waals surface area contributed by atoms with Gasteiger partial charge in [0.1, 0.15) is 5.75 Å². The molecule has 2 aromatic heterocycles. The molecule has 1 aromatic carbocycles. The molecular weight excluding hydrogens is 352 g/mol. The Hall–Kier alpha value is -1.58. The van der Waals surface area contributed by atoms with Crippen molar-refractivity contribution in [3.05, 3.63) is 30.2 Å². The maximum absolute atomic E-state index is 5.30. The van der Waals surface area contributed by atoms with Crippen molar-refractivity contribution in [2.75, 3.05) is 12.9 Å². The van der Waals surface area contributed by atoms with E-state index in [1.54, 1.807) is 42.0 Å². The molecule has 3 rings (SSSR count). The van der Waals surface area contributed by atoms with Gasteiger partial charge in [0, 0.05) is 5.56 Å². The quantitative estimate of drug-likeness (QED) is 0.581. The number of aromatic nitrogens is 4. The van der Waals surface area contributed by atoms with Crippen LogP contribution >= 0.6 is 34.9 Å². The lowest BCUT2D eigenvalue weighted by molar-refractivity contribution is 0.391. The van der Waals surface area contributed by atoms with E-state index in [9.17, 15) is 0 Å². The zero-order valence-electron chi connectivity index (χ0n) is 12.6. The topological polar surface area (TPSA) is 73.9 Å². The third kappa shape index (κ3) is 4.24. The van der Waals surface area contributed by atoms with E-state index >= 15 is 0 Å². The van der Waals surface area contributed by atoms with Gasteiger partial charge in [-0.15, -0.1) is 10.2 Å². The number of hydrogen-bond donors (Lipinski definition) is 0. The number of hydrogen-bond acceptors (Lipinski definition) is 9. The van der Waals surface area contributed by atoms with Gasteiger partial charge < -0.3 is 9.26 Å². The molecule has 0 aliphatic heterocycles. The van der Waals surface area contributed by atoms with Crippen LogP contribution in [0.5, 0.6) is 5.75 Å². The second-order valence-electron chi connectivity index (χ2n) is 4.30. The van der Waals surface area contributed by atoms with Gasteiger partial charge in [-0.25, -0.2) is 0 Å². The summed E-state index contributed by atoms with van der Waals surface area (Å²) in [5.41, 5.74) is 0.863. The molecule has 0 bridgehead atoms. The van der Waals surface area contributed by atoms with Crippen LogP contribution in [0.4, 0.5) is 0 Å². The first kappa shape index (κ1) is 16.3. The Kier molecular flexibility index (Phi) is 5.52. The number of benzene rings is 1. The van der Waals surface area contributed by atoms with Crippen molar-refractivity contribution in [2.45, 2.75) is 21.4 Å². The minimum absolute atomic E-state index is 0.555. The SMILES string of the molecule is CCSc1nnc(SCc2nc(-c3cccc(OC)c3)no2)s1. The van der Waals surface area contributed by atoms with E-state index in [0.717, 1.165) is 25.7 Å². The Bertz CT molecular complexity index is 775. The molecule has 0 aliphatic carbocycles. The van der Waals surface area contributed by atoms with E-state index in [0.29, 0.717) is 17.5 Å². The highest BCUT2D eigenvalue weighted by atomic mass is 32.2. The maximum atomic E-state index is 5.30. The zero-order chi connectivity index (χ0) is 16.1. The molecule has 0 N–H and O–H groups in total. The van der Waals surface area contributed by atoms with Gasteiger partial charge in [-0.1, -0.05) is 59.1 Å². The molecule has 0 saturated heterocycles. The second-order valence-corrected chi connectivity index (χ2v) is 8.01. The van der Waals surface area contributed by atoms with E-state index in [-0.39, 0.29) is 0 Å². The van der Waals surface area contributed by atoms with Crippen LogP contribution in [-0.4, -0.2) is 33.2 Å². The summed E-state index contributed by atoms with van der Waals surface area (Å²) in [5, 5.41) is 12.3. The zero-order valence-corrected chi connectivity index (χ0v) is 15.0. The van der Waals surface area contributed by atoms with Crippen molar-refractivity contribution >= 4 is 34.9 Å². The normalized spacial score (nSPS) is 10.9. The smallest absolute Gasteiger partial charge is 0.237 e. The lowest BCUT2D eigenvalue weighted by Crippen LogP contribution is -1.85. The third-order valence-corrected chi connectivity index (χ3v) is 5.83. The summed E-state index contributed by atoms with van der Waals surface area (Å²) < 4.78 is 12.4. The minimum atomic E-state index is 0.555. The molecule has 23 heavy (non-hydrogen) atoms. The summed E-state index contributed by atoms with van der Waals surface area (Å²) >= 11 is 4.82. The molecule has 0 aliphatic rings. The molecular formula is C14H14N4O2S3. The first-order valence-corrected chi connectivity index (χ1v) is 9.63. The van der Waals surface area contributed by atoms with E-state index < -0.39 is 0 Å². The summed E-state index contributed by atoms with van der Waals surface area (Å²) in [6.45, 7) is 2.09. The monoisotopic (exact) mass is 366 g/mol. The molecule has 0 amide bonds. The molecule has 6 nitrogen and oxygen atoms in total. The number of thioether (sulfide) groups is 2. The fourth-order valence-electron chi connectivity index (χ4n) is 1.75. The first-order valence-electron chi connectivity index (χ1n) is 6.84. The standard InChI is InChI=1S/C14H14N4O2S3/c1-3-21-13-16-17-14(23-13)22-8-11-15-12(18-20-11)9-5-4-6-10(7-9)19-2/h4-7H,3,8H2,1-2H3. The largest absolute Gasteiger partial charge is 0.497 e. The lowest BCUT2D eigenvalue weighted by Gasteiger charge is -1.99. The van der Waals surface area contributed by atoms with Crippen LogP contribution in [-0.2, 0) is 5.75 Å². The van der Waals surface area contributed by atoms with E-state index in [1.807, 2.05) is 24.3 Å². The Morgan fingerprint density at radius 2 is 2.04 bits per heavy atom. The average molecular weight is 366 g/mol. The summed E-state index contributed by atoms with van der Waals surface area (Å²) in [4.78, 5) is 4.41. The van der Waals surface area contributed by atoms with Crippen LogP contribution in [0.3, 0.4) is 0 Å². The molecule has 9 heteroatoms. The van der Waals surface area contributed by atoms with Crippen molar-refractivity contribution in [1.82, 2.24) is 20.3 Å². The molecule has 0 atom stereocenters. The highest BCUT2D eigenvalue weighted by molar-refractivity contribution is 8.02. The number of methoxy groups -OCH3 is 1. The minimum Gasteiger partial charge on any atom is -0.497 e. The van der Waals surface area contributed by atoms with Gasteiger partial charge in [-0.05, 0) is 17.9 Å². The molecule has 2 heterocycles. The molecule has 0 unspecified atom stereocenters. The van der Waals surface area contributed by atoms with Crippen molar-refractivity contribution in [2.24, 2.45) is 0 Å². The van der Waals surface area contributed by atoms with Crippen LogP contribution < -0.4 is 4.74 Å². The molecule has 0 fully saturated rings. The van der Waals surface area contributed by atoms with E-state index in [4.69, 9.17) is 9.26 Å². The predicted octanol–water partition coefficient (Wildman–Crippen LogP) is 4.00. The van der Waals surface area contributed by atoms with Gasteiger partial charge >= 0.3 is 0 Å². The maximum Gasteiger partial charge on any atom is 0.237 e. The van der Waals surface area contributed by atoms with Crippen molar-refractivity contribution in [3.8, 4) is 17.1 Å². The summed E-state index contributed by atoms with van der Waals surface area (Å²) in [6.07, 6.45) is 0. The first-order chi connectivity index (χ1) is 11.3. The summed E-state index contributed by atoms with van der Waals surface area (Å²) in [5.74, 6) is 3.44. The average Bonchev–Trinajstić information content (AvgIpc) is 3.23. The fraction of sp³-hybridized carbons (Fsp3) is 0.286. The Labute approximate surface area is 146 Å². The highest BCUT2D eigenvalue weighted by Gasteiger charge is 2.11. The van der Waals surface area contributed by atoms with Gasteiger partial charge in [0.15, 0.2) is 8.68 Å². The predicted molar refractivity (Wildman–Crippen MR) is 92.2 cm³/mol. The summed E-state index contributed by atoms with van der Waals surface area (Å²) in [6, 6.07) is 7.57. The van der Waals surface area contributed by atoms with Gasteiger partial charge in [-0.3, -0.25) is 0 Å². The van der Waals surface area contributed by atoms with Crippen LogP contribution in [0, 0.1) is 0 Å². The van der Waals surface area contributed by atoms with Crippen LogP contribution in [0.15, 0.2) is 37.5 Å². The Morgan fingerprint density at radius 1 is 1.22 bits per heavy atom. The van der Waals surface area contributed by atoms with Gasteiger partial charge in [0.05, 0.1) is 12.9 Å². The Balaban J connectivity index is 1.64. The highest BCUT2D eigenvalue weighted by Crippen LogP contribution is 2.30. The summed E-state index contributed by atoms with van der Waals surface area (Å²) in [7, 11) is 1.63.